The molecule has 12 heteroatoms. The van der Waals surface area contributed by atoms with Gasteiger partial charge in [-0.05, 0) is 60.7 Å². The van der Waals surface area contributed by atoms with E-state index in [9.17, 15) is 18.0 Å². The molecule has 4 rings (SSSR count). The largest absolute Gasteiger partial charge is 0.497 e. The highest BCUT2D eigenvalue weighted by molar-refractivity contribution is 7.89. The van der Waals surface area contributed by atoms with Gasteiger partial charge in [-0.2, -0.15) is 10.2 Å². The Labute approximate surface area is 204 Å². The average molecular weight is 508 g/mol. The Morgan fingerprint density at radius 3 is 1.56 bits per heavy atom. The Morgan fingerprint density at radius 1 is 0.694 bits per heavy atom. The van der Waals surface area contributed by atoms with Crippen LogP contribution < -0.4 is 47.0 Å². The van der Waals surface area contributed by atoms with Gasteiger partial charge in [-0.1, -0.05) is 6.07 Å². The molecule has 0 radical (unpaired) electrons. The zero-order chi connectivity index (χ0) is 25.9. The lowest BCUT2D eigenvalue weighted by atomic mass is 10.1. The third-order valence-electron chi connectivity index (χ3n) is 5.24. The quantitative estimate of drug-likeness (QED) is 0.246. The first-order chi connectivity index (χ1) is 17.2. The number of rotatable bonds is 7. The summed E-state index contributed by atoms with van der Waals surface area (Å²) in [6.07, 6.45) is 0. The summed E-state index contributed by atoms with van der Waals surface area (Å²) in [5.74, 6) is 1.24. The summed E-state index contributed by atoms with van der Waals surface area (Å²) >= 11 is 0. The molecule has 11 nitrogen and oxygen atoms in total. The van der Waals surface area contributed by atoms with Crippen molar-refractivity contribution in [1.82, 2.24) is 0 Å². The van der Waals surface area contributed by atoms with Crippen LogP contribution in [-0.4, -0.2) is 22.6 Å². The van der Waals surface area contributed by atoms with Crippen molar-refractivity contribution in [3.05, 3.63) is 97.9 Å². The molecule has 0 saturated heterocycles. The third-order valence-corrected chi connectivity index (χ3v) is 6.15. The Hall–Kier alpha value is -4.55. The minimum Gasteiger partial charge on any atom is -0.497 e. The number of ether oxygens (including phenoxy) is 2. The van der Waals surface area contributed by atoms with Gasteiger partial charge in [0.15, 0.2) is 0 Å². The van der Waals surface area contributed by atoms with E-state index >= 15 is 0 Å². The second-order valence-electron chi connectivity index (χ2n) is 7.51. The van der Waals surface area contributed by atoms with Gasteiger partial charge in [0.2, 0.25) is 10.0 Å². The molecule has 184 valence electrons. The zero-order valence-electron chi connectivity index (χ0n) is 19.2. The molecule has 0 saturated carbocycles. The Bertz CT molecular complexity index is 1760. The molecule has 0 amide bonds. The molecule has 0 aliphatic carbocycles. The molecule has 0 spiro atoms. The predicted molar refractivity (Wildman–Crippen MR) is 135 cm³/mol. The molecule has 0 aliphatic rings. The number of nitrogens with zero attached hydrogens (tertiary/aromatic N) is 2. The summed E-state index contributed by atoms with van der Waals surface area (Å²) < 4.78 is 34.1. The Balaban J connectivity index is 1.91. The van der Waals surface area contributed by atoms with Gasteiger partial charge in [0.1, 0.15) is 22.2 Å². The van der Waals surface area contributed by atoms with Crippen molar-refractivity contribution in [3.8, 4) is 11.5 Å². The maximum absolute atomic E-state index is 13.0. The molecule has 4 N–H and O–H groups in total. The summed E-state index contributed by atoms with van der Waals surface area (Å²) in [4.78, 5) is 25.8. The second-order valence-corrected chi connectivity index (χ2v) is 9.07. The Kier molecular flexibility index (Phi) is 6.81. The number of benzene rings is 4. The van der Waals surface area contributed by atoms with E-state index in [4.69, 9.17) is 14.6 Å². The van der Waals surface area contributed by atoms with Gasteiger partial charge in [-0.25, -0.2) is 13.6 Å². The summed E-state index contributed by atoms with van der Waals surface area (Å²) in [5, 5.41) is 13.3. The van der Waals surface area contributed by atoms with Crippen molar-refractivity contribution in [1.29, 1.82) is 0 Å². The summed E-state index contributed by atoms with van der Waals surface area (Å²) in [5.41, 5.74) is 4.61. The second kappa shape index (κ2) is 9.98. The third kappa shape index (κ3) is 5.09. The van der Waals surface area contributed by atoms with E-state index in [2.05, 4.69) is 21.1 Å². The lowest BCUT2D eigenvalue weighted by Gasteiger charge is -2.05. The summed E-state index contributed by atoms with van der Waals surface area (Å²) in [7, 11) is -1.04. The first kappa shape index (κ1) is 24.6. The minimum atomic E-state index is -4.10. The van der Waals surface area contributed by atoms with Crippen molar-refractivity contribution in [2.45, 2.75) is 4.90 Å². The normalized spacial score (nSPS) is 12.5. The number of fused-ring (bicyclic) bond motifs is 1. The SMILES string of the molecule is COc1ccc(NN=c2c(=O)c(=O)c(=NNc3ccc(OC)cc3)c3cc(S(N)(=O)=O)ccc23)cc1. The maximum atomic E-state index is 13.0. The van der Waals surface area contributed by atoms with E-state index in [-0.39, 0.29) is 26.4 Å². The van der Waals surface area contributed by atoms with Gasteiger partial charge in [0.25, 0.3) is 10.9 Å². The van der Waals surface area contributed by atoms with Crippen LogP contribution in [0.2, 0.25) is 0 Å². The molecule has 0 aliphatic heterocycles. The van der Waals surface area contributed by atoms with Gasteiger partial charge in [-0.3, -0.25) is 20.4 Å². The topological polar surface area (TPSA) is 162 Å². The molecule has 0 atom stereocenters. The molecular weight excluding hydrogens is 486 g/mol. The monoisotopic (exact) mass is 507 g/mol. The number of hydrogen-bond acceptors (Lipinski definition) is 10. The predicted octanol–water partition coefficient (Wildman–Crippen LogP) is 0.956. The van der Waals surface area contributed by atoms with Crippen LogP contribution in [0.25, 0.3) is 10.8 Å². The van der Waals surface area contributed by atoms with Crippen molar-refractivity contribution in [2.24, 2.45) is 15.3 Å². The molecule has 0 aromatic heterocycles. The van der Waals surface area contributed by atoms with Crippen LogP contribution in [0.3, 0.4) is 0 Å². The standard InChI is InChI=1S/C24H21N5O6S/c1-34-16-7-3-14(4-8-16)26-28-21-19-12-11-18(36(25,32)33)13-20(19)22(24(31)23(21)30)29-27-15-5-9-17(35-2)10-6-15/h3-13,26-27H,1-2H3,(H2,25,32,33). The van der Waals surface area contributed by atoms with Crippen LogP contribution in [0.1, 0.15) is 0 Å². The smallest absolute Gasteiger partial charge is 0.256 e. The number of primary sulfonamides is 1. The molecule has 4 aromatic carbocycles. The van der Waals surface area contributed by atoms with Gasteiger partial charge >= 0.3 is 0 Å². The number of nitrogens with one attached hydrogen (secondary N) is 2. The van der Waals surface area contributed by atoms with Gasteiger partial charge in [0.05, 0.1) is 30.5 Å². The first-order valence-corrected chi connectivity index (χ1v) is 12.0. The molecule has 0 unspecified atom stereocenters. The molecular formula is C24H21N5O6S. The average Bonchev–Trinajstić information content (AvgIpc) is 2.88. The van der Waals surface area contributed by atoms with Gasteiger partial charge in [0, 0.05) is 10.8 Å². The highest BCUT2D eigenvalue weighted by Crippen LogP contribution is 2.16. The zero-order valence-corrected chi connectivity index (χ0v) is 20.0. The van der Waals surface area contributed by atoms with Crippen LogP contribution in [0.5, 0.6) is 11.5 Å². The fourth-order valence-electron chi connectivity index (χ4n) is 3.36. The highest BCUT2D eigenvalue weighted by atomic mass is 32.2. The highest BCUT2D eigenvalue weighted by Gasteiger charge is 2.15. The van der Waals surface area contributed by atoms with E-state index in [1.165, 1.54) is 32.4 Å². The van der Waals surface area contributed by atoms with Crippen LogP contribution in [0.15, 0.2) is 91.4 Å². The number of hydrogen-bond donors (Lipinski definition) is 3. The number of anilines is 2. The molecule has 0 fully saturated rings. The van der Waals surface area contributed by atoms with Crippen LogP contribution >= 0.6 is 0 Å². The van der Waals surface area contributed by atoms with Crippen molar-refractivity contribution in [3.63, 3.8) is 0 Å². The van der Waals surface area contributed by atoms with E-state index in [0.29, 0.717) is 22.9 Å². The van der Waals surface area contributed by atoms with Gasteiger partial charge in [-0.15, -0.1) is 0 Å². The van der Waals surface area contributed by atoms with Crippen molar-refractivity contribution >= 4 is 32.2 Å². The number of sulfonamides is 1. The van der Waals surface area contributed by atoms with Crippen LogP contribution in [-0.2, 0) is 10.0 Å². The van der Waals surface area contributed by atoms with Crippen molar-refractivity contribution in [2.75, 3.05) is 25.1 Å². The van der Waals surface area contributed by atoms with Crippen LogP contribution in [0.4, 0.5) is 11.4 Å². The molecule has 0 bridgehead atoms. The maximum Gasteiger partial charge on any atom is 0.256 e. The molecule has 4 aromatic rings. The fourth-order valence-corrected chi connectivity index (χ4v) is 3.90. The Morgan fingerprint density at radius 2 is 1.14 bits per heavy atom. The van der Waals surface area contributed by atoms with E-state index in [0.717, 1.165) is 0 Å². The summed E-state index contributed by atoms with van der Waals surface area (Å²) in [6, 6.07) is 17.2. The number of nitrogens with two attached hydrogens (primary N) is 1. The van der Waals surface area contributed by atoms with E-state index in [1.54, 1.807) is 48.5 Å². The molecule has 36 heavy (non-hydrogen) atoms. The van der Waals surface area contributed by atoms with Gasteiger partial charge < -0.3 is 9.47 Å². The van der Waals surface area contributed by atoms with E-state index in [1.807, 2.05) is 0 Å². The summed E-state index contributed by atoms with van der Waals surface area (Å²) in [6.45, 7) is 0. The lowest BCUT2D eigenvalue weighted by molar-refractivity contribution is 0.415. The fraction of sp³-hybridized carbons (Fsp3) is 0.0833. The minimum absolute atomic E-state index is 0.0856. The first-order valence-electron chi connectivity index (χ1n) is 10.4. The molecule has 0 heterocycles. The number of methoxy groups -OCH3 is 2. The van der Waals surface area contributed by atoms with Crippen molar-refractivity contribution < 1.29 is 17.9 Å². The van der Waals surface area contributed by atoms with Crippen LogP contribution in [0, 0.1) is 0 Å². The van der Waals surface area contributed by atoms with E-state index < -0.39 is 20.9 Å². The lowest BCUT2D eigenvalue weighted by Crippen LogP contribution is -2.48.